The van der Waals surface area contributed by atoms with Crippen LogP contribution in [-0.2, 0) is 0 Å². The van der Waals surface area contributed by atoms with E-state index in [1.54, 1.807) is 4.57 Å². The summed E-state index contributed by atoms with van der Waals surface area (Å²) in [7, 11) is 0. The van der Waals surface area contributed by atoms with Gasteiger partial charge in [0.05, 0.1) is 11.2 Å². The van der Waals surface area contributed by atoms with Gasteiger partial charge in [0.15, 0.2) is 5.78 Å². The van der Waals surface area contributed by atoms with Crippen molar-refractivity contribution in [3.8, 4) is 0 Å². The van der Waals surface area contributed by atoms with E-state index in [1.165, 1.54) is 6.42 Å². The molecule has 122 valence electrons. The van der Waals surface area contributed by atoms with Gasteiger partial charge in [-0.15, -0.1) is 0 Å². The average Bonchev–Trinajstić information content (AvgIpc) is 2.88. The first-order chi connectivity index (χ1) is 11.1. The summed E-state index contributed by atoms with van der Waals surface area (Å²) in [5, 5.41) is 0.802. The van der Waals surface area contributed by atoms with E-state index in [4.69, 9.17) is 5.73 Å². The summed E-state index contributed by atoms with van der Waals surface area (Å²) in [5.41, 5.74) is 7.85. The number of ketones is 1. The minimum atomic E-state index is -0.0367. The fraction of sp³-hybridized carbons (Fsp3) is 0.474. The molecule has 0 radical (unpaired) electrons. The number of benzene rings is 1. The molecular weight excluding hydrogens is 288 g/mol. The van der Waals surface area contributed by atoms with Gasteiger partial charge in [-0.1, -0.05) is 44.4 Å². The molecule has 0 spiro atoms. The summed E-state index contributed by atoms with van der Waals surface area (Å²) in [4.78, 5) is 25.7. The topological polar surface area (TPSA) is 65.1 Å². The average molecular weight is 312 g/mol. The molecule has 0 amide bonds. The van der Waals surface area contributed by atoms with Crippen molar-refractivity contribution in [2.75, 3.05) is 5.73 Å². The number of carbonyl (C=O) groups is 2. The van der Waals surface area contributed by atoms with Crippen molar-refractivity contribution in [3.63, 3.8) is 0 Å². The molecule has 3 rings (SSSR count). The van der Waals surface area contributed by atoms with Crippen LogP contribution in [0.15, 0.2) is 24.3 Å². The quantitative estimate of drug-likeness (QED) is 0.849. The molecular formula is C19H24N2O2. The van der Waals surface area contributed by atoms with Crippen LogP contribution < -0.4 is 5.73 Å². The molecule has 1 aromatic heterocycles. The Morgan fingerprint density at radius 3 is 2.57 bits per heavy atom. The minimum Gasteiger partial charge on any atom is -0.396 e. The van der Waals surface area contributed by atoms with Gasteiger partial charge in [0.1, 0.15) is 5.69 Å². The van der Waals surface area contributed by atoms with Gasteiger partial charge in [-0.25, -0.2) is 0 Å². The number of nitrogens with two attached hydrogens (primary N) is 1. The first-order valence-corrected chi connectivity index (χ1v) is 8.61. The number of para-hydroxylation sites is 1. The highest BCUT2D eigenvalue weighted by molar-refractivity contribution is 6.13. The van der Waals surface area contributed by atoms with Crippen molar-refractivity contribution >= 4 is 28.3 Å². The largest absolute Gasteiger partial charge is 0.396 e. The Kier molecular flexibility index (Phi) is 4.51. The highest BCUT2D eigenvalue weighted by atomic mass is 16.2. The fourth-order valence-electron chi connectivity index (χ4n) is 3.65. The van der Waals surface area contributed by atoms with E-state index in [0.29, 0.717) is 17.8 Å². The molecule has 0 saturated heterocycles. The molecule has 0 aliphatic heterocycles. The van der Waals surface area contributed by atoms with Gasteiger partial charge in [0.2, 0.25) is 5.91 Å². The molecule has 0 atom stereocenters. The standard InChI is InChI=1S/C19H24N2O2/c1-2-8-16(22)18-17(20)14-11-6-7-12-15(14)21(18)19(23)13-9-4-3-5-10-13/h6-7,11-13H,2-5,8-10,20H2,1H3. The molecule has 23 heavy (non-hydrogen) atoms. The number of nitrogen functional groups attached to an aromatic ring is 1. The minimum absolute atomic E-state index is 0.00660. The zero-order valence-electron chi connectivity index (χ0n) is 13.7. The lowest BCUT2D eigenvalue weighted by Crippen LogP contribution is -2.26. The summed E-state index contributed by atoms with van der Waals surface area (Å²) in [6.07, 6.45) is 6.35. The van der Waals surface area contributed by atoms with Gasteiger partial charge in [-0.2, -0.15) is 0 Å². The Morgan fingerprint density at radius 2 is 1.87 bits per heavy atom. The van der Waals surface area contributed by atoms with E-state index in [2.05, 4.69) is 0 Å². The fourth-order valence-corrected chi connectivity index (χ4v) is 3.65. The van der Waals surface area contributed by atoms with E-state index < -0.39 is 0 Å². The molecule has 0 unspecified atom stereocenters. The zero-order valence-corrected chi connectivity index (χ0v) is 13.7. The van der Waals surface area contributed by atoms with E-state index in [9.17, 15) is 9.59 Å². The molecule has 0 bridgehead atoms. The number of Topliss-reactive ketones (excluding diaryl/α,β-unsaturated/α-hetero) is 1. The van der Waals surface area contributed by atoms with Crippen molar-refractivity contribution in [1.82, 2.24) is 4.57 Å². The number of carbonyl (C=O) groups excluding carboxylic acids is 2. The Labute approximate surface area is 136 Å². The molecule has 1 heterocycles. The van der Waals surface area contributed by atoms with Crippen LogP contribution in [-0.4, -0.2) is 16.3 Å². The van der Waals surface area contributed by atoms with Crippen LogP contribution in [0.2, 0.25) is 0 Å². The molecule has 1 fully saturated rings. The maximum absolute atomic E-state index is 13.1. The number of hydrogen-bond donors (Lipinski definition) is 1. The van der Waals surface area contributed by atoms with Gasteiger partial charge < -0.3 is 5.73 Å². The van der Waals surface area contributed by atoms with Crippen LogP contribution in [0.5, 0.6) is 0 Å². The molecule has 1 aliphatic rings. The van der Waals surface area contributed by atoms with E-state index in [0.717, 1.165) is 43.0 Å². The van der Waals surface area contributed by atoms with Gasteiger partial charge in [-0.3, -0.25) is 14.2 Å². The highest BCUT2D eigenvalue weighted by Gasteiger charge is 2.29. The predicted octanol–water partition coefficient (Wildman–Crippen LogP) is 4.43. The Bertz CT molecular complexity index is 739. The summed E-state index contributed by atoms with van der Waals surface area (Å²) in [6, 6.07) is 7.55. The second kappa shape index (κ2) is 6.57. The summed E-state index contributed by atoms with van der Waals surface area (Å²) in [6.45, 7) is 1.96. The summed E-state index contributed by atoms with van der Waals surface area (Å²) in [5.74, 6) is 0.00884. The monoisotopic (exact) mass is 312 g/mol. The smallest absolute Gasteiger partial charge is 0.234 e. The lowest BCUT2D eigenvalue weighted by molar-refractivity contribution is 0.0791. The Balaban J connectivity index is 2.14. The lowest BCUT2D eigenvalue weighted by Gasteiger charge is -2.22. The second-order valence-corrected chi connectivity index (χ2v) is 6.46. The van der Waals surface area contributed by atoms with Crippen molar-refractivity contribution in [3.05, 3.63) is 30.0 Å². The molecule has 1 aliphatic carbocycles. The van der Waals surface area contributed by atoms with Crippen molar-refractivity contribution in [2.45, 2.75) is 51.9 Å². The van der Waals surface area contributed by atoms with Crippen LogP contribution in [0, 0.1) is 5.92 Å². The van der Waals surface area contributed by atoms with E-state index >= 15 is 0 Å². The van der Waals surface area contributed by atoms with Gasteiger partial charge in [-0.05, 0) is 25.3 Å². The predicted molar refractivity (Wildman–Crippen MR) is 92.8 cm³/mol. The Morgan fingerprint density at radius 1 is 1.17 bits per heavy atom. The van der Waals surface area contributed by atoms with Crippen LogP contribution in [0.25, 0.3) is 10.9 Å². The van der Waals surface area contributed by atoms with E-state index in [1.807, 2.05) is 31.2 Å². The third kappa shape index (κ3) is 2.78. The first kappa shape index (κ1) is 15.8. The van der Waals surface area contributed by atoms with Crippen molar-refractivity contribution < 1.29 is 9.59 Å². The maximum atomic E-state index is 13.1. The van der Waals surface area contributed by atoms with Crippen molar-refractivity contribution in [2.24, 2.45) is 5.92 Å². The van der Waals surface area contributed by atoms with Crippen LogP contribution in [0.1, 0.15) is 67.2 Å². The van der Waals surface area contributed by atoms with Gasteiger partial charge in [0, 0.05) is 17.7 Å². The molecule has 4 heteroatoms. The highest BCUT2D eigenvalue weighted by Crippen LogP contribution is 2.33. The number of anilines is 1. The van der Waals surface area contributed by atoms with Gasteiger partial charge >= 0.3 is 0 Å². The summed E-state index contributed by atoms with van der Waals surface area (Å²) >= 11 is 0. The molecule has 2 N–H and O–H groups in total. The third-order valence-corrected chi connectivity index (χ3v) is 4.83. The maximum Gasteiger partial charge on any atom is 0.234 e. The lowest BCUT2D eigenvalue weighted by atomic mass is 9.88. The van der Waals surface area contributed by atoms with E-state index in [-0.39, 0.29) is 17.6 Å². The first-order valence-electron chi connectivity index (χ1n) is 8.61. The Hall–Kier alpha value is -2.10. The molecule has 1 saturated carbocycles. The molecule has 2 aromatic rings. The van der Waals surface area contributed by atoms with Crippen molar-refractivity contribution in [1.29, 1.82) is 0 Å². The summed E-state index contributed by atoms with van der Waals surface area (Å²) < 4.78 is 1.61. The zero-order chi connectivity index (χ0) is 16.4. The van der Waals surface area contributed by atoms with Crippen LogP contribution in [0.3, 0.4) is 0 Å². The normalized spacial score (nSPS) is 15.9. The van der Waals surface area contributed by atoms with Crippen LogP contribution >= 0.6 is 0 Å². The number of fused-ring (bicyclic) bond motifs is 1. The number of hydrogen-bond acceptors (Lipinski definition) is 3. The van der Waals surface area contributed by atoms with Gasteiger partial charge in [0.25, 0.3) is 0 Å². The van der Waals surface area contributed by atoms with Crippen LogP contribution in [0.4, 0.5) is 5.69 Å². The second-order valence-electron chi connectivity index (χ2n) is 6.46. The molecule has 4 nitrogen and oxygen atoms in total. The number of rotatable bonds is 4. The number of nitrogens with zero attached hydrogens (tertiary/aromatic N) is 1. The SMILES string of the molecule is CCCC(=O)c1c(N)c2ccccc2n1C(=O)C1CCCCC1. The number of aromatic nitrogens is 1. The molecule has 1 aromatic carbocycles. The third-order valence-electron chi connectivity index (χ3n) is 4.83.